The van der Waals surface area contributed by atoms with E-state index in [9.17, 15) is 0 Å². The average molecular weight is 198 g/mol. The number of nitrogens with two attached hydrogens (primary N) is 1. The Morgan fingerprint density at radius 2 is 1.93 bits per heavy atom. The highest BCUT2D eigenvalue weighted by molar-refractivity contribution is 4.96. The predicted octanol–water partition coefficient (Wildman–Crippen LogP) is 2.28. The fraction of sp³-hybridized carbons (Fsp3) is 1.00. The van der Waals surface area contributed by atoms with Gasteiger partial charge in [-0.05, 0) is 31.1 Å². The molecule has 0 aromatic heterocycles. The topological polar surface area (TPSA) is 38.0 Å². The summed E-state index contributed by atoms with van der Waals surface area (Å²) in [5.41, 5.74) is 6.78. The Morgan fingerprint density at radius 1 is 1.36 bits per heavy atom. The van der Waals surface area contributed by atoms with Gasteiger partial charge in [-0.3, -0.25) is 0 Å². The van der Waals surface area contributed by atoms with Crippen LogP contribution in [0.15, 0.2) is 0 Å². The van der Waals surface area contributed by atoms with E-state index in [0.717, 1.165) is 6.54 Å². The van der Waals surface area contributed by atoms with Gasteiger partial charge in [0.1, 0.15) is 0 Å². The van der Waals surface area contributed by atoms with E-state index in [0.29, 0.717) is 5.54 Å². The maximum atomic E-state index is 6.13. The highest BCUT2D eigenvalue weighted by Crippen LogP contribution is 2.34. The third-order valence-corrected chi connectivity index (χ3v) is 3.80. The van der Waals surface area contributed by atoms with Crippen LogP contribution in [0.4, 0.5) is 0 Å². The standard InChI is InChI=1S/C12H26N2/c1-5-12(7-6-8-12)14-9-10(13)11(2,3)4/h10,14H,5-9,13H2,1-4H3. The molecule has 1 aliphatic rings. The van der Waals surface area contributed by atoms with E-state index in [1.165, 1.54) is 25.7 Å². The summed E-state index contributed by atoms with van der Waals surface area (Å²) >= 11 is 0. The Morgan fingerprint density at radius 3 is 2.21 bits per heavy atom. The molecule has 1 aliphatic carbocycles. The molecule has 1 rings (SSSR count). The normalized spacial score (nSPS) is 22.9. The van der Waals surface area contributed by atoms with Crippen LogP contribution in [-0.4, -0.2) is 18.1 Å². The van der Waals surface area contributed by atoms with Crippen molar-refractivity contribution in [2.45, 2.75) is 65.0 Å². The van der Waals surface area contributed by atoms with E-state index in [-0.39, 0.29) is 11.5 Å². The van der Waals surface area contributed by atoms with Crippen molar-refractivity contribution in [1.82, 2.24) is 5.32 Å². The summed E-state index contributed by atoms with van der Waals surface area (Å²) in [6.07, 6.45) is 5.29. The lowest BCUT2D eigenvalue weighted by atomic mass is 9.74. The monoisotopic (exact) mass is 198 g/mol. The Bertz CT molecular complexity index is 172. The second-order valence-electron chi connectivity index (χ2n) is 5.84. The lowest BCUT2D eigenvalue weighted by molar-refractivity contribution is 0.161. The highest BCUT2D eigenvalue weighted by atomic mass is 15.0. The summed E-state index contributed by atoms with van der Waals surface area (Å²) < 4.78 is 0. The Hall–Kier alpha value is -0.0800. The van der Waals surface area contributed by atoms with E-state index < -0.39 is 0 Å². The minimum atomic E-state index is 0.214. The molecular weight excluding hydrogens is 172 g/mol. The second-order valence-corrected chi connectivity index (χ2v) is 5.84. The van der Waals surface area contributed by atoms with Gasteiger partial charge in [0, 0.05) is 18.1 Å². The van der Waals surface area contributed by atoms with Crippen LogP contribution >= 0.6 is 0 Å². The number of hydrogen-bond acceptors (Lipinski definition) is 2. The molecule has 3 N–H and O–H groups in total. The molecule has 0 radical (unpaired) electrons. The second kappa shape index (κ2) is 4.19. The first-order valence-electron chi connectivity index (χ1n) is 5.90. The summed E-state index contributed by atoms with van der Waals surface area (Å²) in [5, 5.41) is 3.66. The molecule has 0 heterocycles. The van der Waals surface area contributed by atoms with Crippen LogP contribution in [0.3, 0.4) is 0 Å². The van der Waals surface area contributed by atoms with Crippen molar-refractivity contribution >= 4 is 0 Å². The predicted molar refractivity (Wildman–Crippen MR) is 62.3 cm³/mol. The molecular formula is C12H26N2. The van der Waals surface area contributed by atoms with E-state index >= 15 is 0 Å². The molecule has 1 saturated carbocycles. The third kappa shape index (κ3) is 2.71. The number of nitrogens with one attached hydrogen (secondary N) is 1. The lowest BCUT2D eigenvalue weighted by Crippen LogP contribution is -2.55. The molecule has 1 fully saturated rings. The molecule has 14 heavy (non-hydrogen) atoms. The molecule has 0 saturated heterocycles. The Kier molecular flexibility index (Phi) is 3.59. The summed E-state index contributed by atoms with van der Waals surface area (Å²) in [6.45, 7) is 9.85. The molecule has 1 unspecified atom stereocenters. The zero-order valence-corrected chi connectivity index (χ0v) is 10.2. The molecule has 84 valence electrons. The van der Waals surface area contributed by atoms with Crippen LogP contribution < -0.4 is 11.1 Å². The van der Waals surface area contributed by atoms with Crippen molar-refractivity contribution in [3.63, 3.8) is 0 Å². The first kappa shape index (κ1) is 12.0. The molecule has 0 aromatic carbocycles. The van der Waals surface area contributed by atoms with Gasteiger partial charge >= 0.3 is 0 Å². The number of rotatable bonds is 4. The van der Waals surface area contributed by atoms with Crippen molar-refractivity contribution in [1.29, 1.82) is 0 Å². The molecule has 0 spiro atoms. The SMILES string of the molecule is CCC1(NCC(N)C(C)(C)C)CCC1. The van der Waals surface area contributed by atoms with Gasteiger partial charge in [-0.1, -0.05) is 27.7 Å². The van der Waals surface area contributed by atoms with Crippen LogP contribution in [0.2, 0.25) is 0 Å². The van der Waals surface area contributed by atoms with Crippen molar-refractivity contribution < 1.29 is 0 Å². The van der Waals surface area contributed by atoms with E-state index in [1.807, 2.05) is 0 Å². The Labute approximate surface area is 88.6 Å². The first-order chi connectivity index (χ1) is 6.40. The van der Waals surface area contributed by atoms with Gasteiger partial charge in [0.05, 0.1) is 0 Å². The molecule has 1 atom stereocenters. The third-order valence-electron chi connectivity index (χ3n) is 3.80. The lowest BCUT2D eigenvalue weighted by Gasteiger charge is -2.44. The van der Waals surface area contributed by atoms with Gasteiger partial charge < -0.3 is 11.1 Å². The summed E-state index contributed by atoms with van der Waals surface area (Å²) in [6, 6.07) is 0.256. The largest absolute Gasteiger partial charge is 0.326 e. The molecule has 0 aromatic rings. The zero-order chi connectivity index (χ0) is 10.8. The van der Waals surface area contributed by atoms with Crippen LogP contribution in [-0.2, 0) is 0 Å². The van der Waals surface area contributed by atoms with Crippen molar-refractivity contribution in [2.75, 3.05) is 6.54 Å². The summed E-state index contributed by atoms with van der Waals surface area (Å²) in [4.78, 5) is 0. The van der Waals surface area contributed by atoms with Crippen LogP contribution in [0.5, 0.6) is 0 Å². The van der Waals surface area contributed by atoms with Gasteiger partial charge in [-0.25, -0.2) is 0 Å². The maximum Gasteiger partial charge on any atom is 0.0214 e. The minimum absolute atomic E-state index is 0.214. The smallest absolute Gasteiger partial charge is 0.0214 e. The average Bonchev–Trinajstić information content (AvgIpc) is 2.01. The van der Waals surface area contributed by atoms with Gasteiger partial charge in [-0.15, -0.1) is 0 Å². The first-order valence-corrected chi connectivity index (χ1v) is 5.90. The van der Waals surface area contributed by atoms with Crippen LogP contribution in [0.1, 0.15) is 53.4 Å². The minimum Gasteiger partial charge on any atom is -0.326 e. The summed E-state index contributed by atoms with van der Waals surface area (Å²) in [7, 11) is 0. The maximum absolute atomic E-state index is 6.13. The molecule has 2 nitrogen and oxygen atoms in total. The van der Waals surface area contributed by atoms with Gasteiger partial charge in [-0.2, -0.15) is 0 Å². The van der Waals surface area contributed by atoms with E-state index in [1.54, 1.807) is 0 Å². The fourth-order valence-corrected chi connectivity index (χ4v) is 1.89. The van der Waals surface area contributed by atoms with Crippen molar-refractivity contribution in [3.8, 4) is 0 Å². The van der Waals surface area contributed by atoms with Gasteiger partial charge in [0.15, 0.2) is 0 Å². The molecule has 2 heteroatoms. The molecule has 0 amide bonds. The number of hydrogen-bond donors (Lipinski definition) is 2. The van der Waals surface area contributed by atoms with Crippen LogP contribution in [0, 0.1) is 5.41 Å². The Balaban J connectivity index is 2.32. The van der Waals surface area contributed by atoms with E-state index in [2.05, 4.69) is 33.0 Å². The van der Waals surface area contributed by atoms with Crippen molar-refractivity contribution in [3.05, 3.63) is 0 Å². The van der Waals surface area contributed by atoms with E-state index in [4.69, 9.17) is 5.73 Å². The molecule has 0 aliphatic heterocycles. The quantitative estimate of drug-likeness (QED) is 0.727. The summed E-state index contributed by atoms with van der Waals surface area (Å²) in [5.74, 6) is 0. The highest BCUT2D eigenvalue weighted by Gasteiger charge is 2.35. The zero-order valence-electron chi connectivity index (χ0n) is 10.2. The molecule has 0 bridgehead atoms. The van der Waals surface area contributed by atoms with Crippen molar-refractivity contribution in [2.24, 2.45) is 11.1 Å². The van der Waals surface area contributed by atoms with Gasteiger partial charge in [0.25, 0.3) is 0 Å². The van der Waals surface area contributed by atoms with Crippen LogP contribution in [0.25, 0.3) is 0 Å². The van der Waals surface area contributed by atoms with Gasteiger partial charge in [0.2, 0.25) is 0 Å². The fourth-order valence-electron chi connectivity index (χ4n) is 1.89.